The van der Waals surface area contributed by atoms with Gasteiger partial charge in [0.2, 0.25) is 0 Å². The summed E-state index contributed by atoms with van der Waals surface area (Å²) in [5.74, 6) is 0.107. The van der Waals surface area contributed by atoms with E-state index in [9.17, 15) is 4.79 Å². The molecule has 6 heteroatoms. The summed E-state index contributed by atoms with van der Waals surface area (Å²) in [4.78, 5) is 15.8. The third-order valence-electron chi connectivity index (χ3n) is 2.43. The molecule has 0 unspecified atom stereocenters. The molecule has 0 fully saturated rings. The number of nitrogens with two attached hydrogens (primary N) is 1. The summed E-state index contributed by atoms with van der Waals surface area (Å²) in [5, 5.41) is 14.0. The van der Waals surface area contributed by atoms with E-state index in [2.05, 4.69) is 15.5 Å². The van der Waals surface area contributed by atoms with E-state index in [0.717, 1.165) is 18.5 Å². The average molecular weight is 250 g/mol. The normalized spacial score (nSPS) is 11.3. The van der Waals surface area contributed by atoms with E-state index >= 15 is 0 Å². The Labute approximate surface area is 106 Å². The van der Waals surface area contributed by atoms with Crippen molar-refractivity contribution in [1.82, 2.24) is 10.3 Å². The number of nitrogens with zero attached hydrogens (tertiary/aromatic N) is 2. The van der Waals surface area contributed by atoms with E-state index in [0.29, 0.717) is 18.5 Å². The van der Waals surface area contributed by atoms with Crippen LogP contribution >= 0.6 is 0 Å². The molecule has 1 amide bonds. The second-order valence-corrected chi connectivity index (χ2v) is 3.99. The molecule has 6 nitrogen and oxygen atoms in total. The quantitative estimate of drug-likeness (QED) is 0.231. The number of aryl methyl sites for hydroxylation is 1. The molecule has 0 radical (unpaired) electrons. The summed E-state index contributed by atoms with van der Waals surface area (Å²) in [6.45, 7) is 2.41. The fraction of sp³-hybridized carbons (Fsp3) is 0.417. The van der Waals surface area contributed by atoms with Crippen LogP contribution < -0.4 is 11.1 Å². The Hall–Kier alpha value is -2.11. The molecular formula is C12H18N4O2. The second-order valence-electron chi connectivity index (χ2n) is 3.99. The SMILES string of the molecule is Cc1cc(C(=O)NCCCC/C(N)=N/O)ccn1. The van der Waals surface area contributed by atoms with Gasteiger partial charge >= 0.3 is 0 Å². The number of amidine groups is 1. The number of pyridine rings is 1. The molecule has 0 aliphatic heterocycles. The molecule has 0 atom stereocenters. The highest BCUT2D eigenvalue weighted by Gasteiger charge is 2.04. The van der Waals surface area contributed by atoms with Gasteiger partial charge in [-0.3, -0.25) is 9.78 Å². The third kappa shape index (κ3) is 4.82. The molecule has 0 aromatic carbocycles. The highest BCUT2D eigenvalue weighted by molar-refractivity contribution is 5.94. The van der Waals surface area contributed by atoms with Crippen molar-refractivity contribution in [2.24, 2.45) is 10.9 Å². The van der Waals surface area contributed by atoms with Gasteiger partial charge in [0.15, 0.2) is 0 Å². The molecule has 0 saturated heterocycles. The molecule has 0 bridgehead atoms. The zero-order valence-corrected chi connectivity index (χ0v) is 10.4. The van der Waals surface area contributed by atoms with Crippen LogP contribution in [0.2, 0.25) is 0 Å². The predicted molar refractivity (Wildman–Crippen MR) is 68.6 cm³/mol. The van der Waals surface area contributed by atoms with Crippen molar-refractivity contribution in [3.8, 4) is 0 Å². The van der Waals surface area contributed by atoms with Gasteiger partial charge < -0.3 is 16.3 Å². The number of oxime groups is 1. The summed E-state index contributed by atoms with van der Waals surface area (Å²) in [5.41, 5.74) is 6.75. The lowest BCUT2D eigenvalue weighted by molar-refractivity contribution is 0.0953. The molecule has 1 aromatic rings. The number of nitrogens with one attached hydrogen (secondary N) is 1. The van der Waals surface area contributed by atoms with Gasteiger partial charge in [0.1, 0.15) is 5.84 Å². The first kappa shape index (κ1) is 14.0. The lowest BCUT2D eigenvalue weighted by atomic mass is 10.2. The monoisotopic (exact) mass is 250 g/mol. The van der Waals surface area contributed by atoms with Gasteiger partial charge in [0, 0.05) is 30.4 Å². The van der Waals surface area contributed by atoms with Crippen LogP contribution in [-0.4, -0.2) is 28.5 Å². The van der Waals surface area contributed by atoms with Gasteiger partial charge in [-0.05, 0) is 31.9 Å². The third-order valence-corrected chi connectivity index (χ3v) is 2.43. The lowest BCUT2D eigenvalue weighted by Crippen LogP contribution is -2.24. The van der Waals surface area contributed by atoms with Crippen molar-refractivity contribution < 1.29 is 10.0 Å². The van der Waals surface area contributed by atoms with Crippen LogP contribution in [0.25, 0.3) is 0 Å². The van der Waals surface area contributed by atoms with Crippen molar-refractivity contribution in [3.05, 3.63) is 29.6 Å². The van der Waals surface area contributed by atoms with E-state index < -0.39 is 0 Å². The van der Waals surface area contributed by atoms with E-state index in [-0.39, 0.29) is 11.7 Å². The predicted octanol–water partition coefficient (Wildman–Crippen LogP) is 1.04. The minimum Gasteiger partial charge on any atom is -0.409 e. The topological polar surface area (TPSA) is 101 Å². The number of hydrogen-bond acceptors (Lipinski definition) is 4. The summed E-state index contributed by atoms with van der Waals surface area (Å²) in [7, 11) is 0. The summed E-state index contributed by atoms with van der Waals surface area (Å²) in [6, 6.07) is 3.42. The molecule has 0 aliphatic carbocycles. The Bertz CT molecular complexity index is 432. The molecule has 0 aliphatic rings. The number of rotatable bonds is 6. The maximum Gasteiger partial charge on any atom is 0.251 e. The van der Waals surface area contributed by atoms with Crippen LogP contribution in [0.15, 0.2) is 23.5 Å². The smallest absolute Gasteiger partial charge is 0.251 e. The summed E-state index contributed by atoms with van der Waals surface area (Å²) in [6.07, 6.45) is 3.70. The van der Waals surface area contributed by atoms with E-state index in [1.165, 1.54) is 0 Å². The van der Waals surface area contributed by atoms with Gasteiger partial charge in [0.05, 0.1) is 0 Å². The Morgan fingerprint density at radius 1 is 1.56 bits per heavy atom. The minimum atomic E-state index is -0.107. The van der Waals surface area contributed by atoms with Crippen molar-refractivity contribution in [2.45, 2.75) is 26.2 Å². The molecule has 1 heterocycles. The molecule has 4 N–H and O–H groups in total. The van der Waals surface area contributed by atoms with Crippen molar-refractivity contribution in [3.63, 3.8) is 0 Å². The van der Waals surface area contributed by atoms with Crippen LogP contribution in [0.5, 0.6) is 0 Å². The standard InChI is InChI=1S/C12H18N4O2/c1-9-8-10(5-7-14-9)12(17)15-6-3-2-4-11(13)16-18/h5,7-8,18H,2-4,6H2,1H3,(H2,13,16)(H,15,17). The zero-order valence-electron chi connectivity index (χ0n) is 10.4. The molecule has 0 spiro atoms. The number of unbranched alkanes of at least 4 members (excludes halogenated alkanes) is 1. The Morgan fingerprint density at radius 3 is 3.00 bits per heavy atom. The first-order chi connectivity index (χ1) is 8.63. The first-order valence-corrected chi connectivity index (χ1v) is 5.80. The van der Waals surface area contributed by atoms with Gasteiger partial charge in [-0.1, -0.05) is 5.16 Å². The average Bonchev–Trinajstić information content (AvgIpc) is 2.37. The van der Waals surface area contributed by atoms with E-state index in [1.54, 1.807) is 18.3 Å². The highest BCUT2D eigenvalue weighted by Crippen LogP contribution is 2.01. The molecule has 1 rings (SSSR count). The lowest BCUT2D eigenvalue weighted by Gasteiger charge is -2.05. The van der Waals surface area contributed by atoms with Crippen molar-refractivity contribution in [2.75, 3.05) is 6.54 Å². The van der Waals surface area contributed by atoms with Crippen LogP contribution in [0, 0.1) is 6.92 Å². The van der Waals surface area contributed by atoms with E-state index in [1.807, 2.05) is 6.92 Å². The van der Waals surface area contributed by atoms with Crippen LogP contribution in [0.1, 0.15) is 35.3 Å². The number of carbonyl (C=O) groups excluding carboxylic acids is 1. The minimum absolute atomic E-state index is 0.107. The van der Waals surface area contributed by atoms with Crippen LogP contribution in [0.4, 0.5) is 0 Å². The Morgan fingerprint density at radius 2 is 2.33 bits per heavy atom. The van der Waals surface area contributed by atoms with E-state index in [4.69, 9.17) is 10.9 Å². The zero-order chi connectivity index (χ0) is 13.4. The largest absolute Gasteiger partial charge is 0.409 e. The maximum atomic E-state index is 11.7. The van der Waals surface area contributed by atoms with Gasteiger partial charge in [-0.2, -0.15) is 0 Å². The molecule has 0 saturated carbocycles. The fourth-order valence-corrected chi connectivity index (χ4v) is 1.47. The van der Waals surface area contributed by atoms with Crippen molar-refractivity contribution >= 4 is 11.7 Å². The Balaban J connectivity index is 2.26. The Kier molecular flexibility index (Phi) is 5.63. The van der Waals surface area contributed by atoms with Crippen LogP contribution in [-0.2, 0) is 0 Å². The first-order valence-electron chi connectivity index (χ1n) is 5.80. The molecule has 1 aromatic heterocycles. The highest BCUT2D eigenvalue weighted by atomic mass is 16.4. The number of aromatic nitrogens is 1. The number of hydrogen-bond donors (Lipinski definition) is 3. The second kappa shape index (κ2) is 7.26. The summed E-state index contributed by atoms with van der Waals surface area (Å²) >= 11 is 0. The van der Waals surface area contributed by atoms with Crippen molar-refractivity contribution in [1.29, 1.82) is 0 Å². The summed E-state index contributed by atoms with van der Waals surface area (Å²) < 4.78 is 0. The fourth-order valence-electron chi connectivity index (χ4n) is 1.47. The van der Waals surface area contributed by atoms with Gasteiger partial charge in [-0.15, -0.1) is 0 Å². The molecule has 98 valence electrons. The van der Waals surface area contributed by atoms with Gasteiger partial charge in [-0.25, -0.2) is 0 Å². The number of amides is 1. The van der Waals surface area contributed by atoms with Crippen LogP contribution in [0.3, 0.4) is 0 Å². The molecular weight excluding hydrogens is 232 g/mol. The number of carbonyl (C=O) groups is 1. The molecule has 18 heavy (non-hydrogen) atoms. The van der Waals surface area contributed by atoms with Gasteiger partial charge in [0.25, 0.3) is 5.91 Å². The maximum absolute atomic E-state index is 11.7.